The number of carbonyl (C=O) groups excluding carboxylic acids is 5. The second kappa shape index (κ2) is 15.4. The van der Waals surface area contributed by atoms with Crippen LogP contribution in [-0.2, 0) is 35.3 Å². The Hall–Kier alpha value is -3.80. The van der Waals surface area contributed by atoms with Crippen molar-refractivity contribution in [1.82, 2.24) is 25.8 Å². The van der Waals surface area contributed by atoms with E-state index in [0.717, 1.165) is 21.7 Å². The Bertz CT molecular complexity index is 1260. The normalized spacial score (nSPS) is 16.0. The minimum atomic E-state index is -0.893. The van der Waals surface area contributed by atoms with Gasteiger partial charge >= 0.3 is 5.97 Å². The first-order chi connectivity index (χ1) is 20.0. The van der Waals surface area contributed by atoms with E-state index in [1.807, 2.05) is 50.5 Å². The molecule has 42 heavy (non-hydrogen) atoms. The zero-order chi connectivity index (χ0) is 30.8. The summed E-state index contributed by atoms with van der Waals surface area (Å²) in [6, 6.07) is 5.56. The molecule has 1 aliphatic rings. The van der Waals surface area contributed by atoms with E-state index in [0.29, 0.717) is 32.4 Å². The third kappa shape index (κ3) is 9.10. The van der Waals surface area contributed by atoms with E-state index in [9.17, 15) is 24.0 Å². The lowest BCUT2D eigenvalue weighted by Crippen LogP contribution is -2.55. The molecular formula is C30H41N5O6S. The van der Waals surface area contributed by atoms with Gasteiger partial charge in [-0.25, -0.2) is 4.98 Å². The molecule has 1 saturated heterocycles. The van der Waals surface area contributed by atoms with Gasteiger partial charge in [-0.2, -0.15) is 0 Å². The van der Waals surface area contributed by atoms with Gasteiger partial charge < -0.3 is 25.6 Å². The average Bonchev–Trinajstić information content (AvgIpc) is 3.63. The molecule has 11 nitrogen and oxygen atoms in total. The first-order valence-corrected chi connectivity index (χ1v) is 15.1. The van der Waals surface area contributed by atoms with Crippen molar-refractivity contribution in [1.29, 1.82) is 0 Å². The monoisotopic (exact) mass is 599 g/mol. The van der Waals surface area contributed by atoms with Gasteiger partial charge in [0.25, 0.3) is 0 Å². The molecule has 0 bridgehead atoms. The van der Waals surface area contributed by atoms with Gasteiger partial charge in [-0.05, 0) is 50.2 Å². The molecule has 1 aromatic heterocycles. The number of amides is 4. The molecule has 2 aromatic rings. The first kappa shape index (κ1) is 32.7. The Kier molecular flexibility index (Phi) is 12.0. The highest BCUT2D eigenvalue weighted by Gasteiger charge is 2.37. The van der Waals surface area contributed by atoms with Crippen molar-refractivity contribution in [2.24, 2.45) is 5.92 Å². The Morgan fingerprint density at radius 3 is 2.40 bits per heavy atom. The molecule has 228 valence electrons. The topological polar surface area (TPSA) is 147 Å². The van der Waals surface area contributed by atoms with E-state index in [1.165, 1.54) is 12.0 Å². The van der Waals surface area contributed by atoms with Crippen molar-refractivity contribution in [3.05, 3.63) is 41.0 Å². The Morgan fingerprint density at radius 2 is 1.79 bits per heavy atom. The van der Waals surface area contributed by atoms with Gasteiger partial charge in [-0.3, -0.25) is 24.0 Å². The summed E-state index contributed by atoms with van der Waals surface area (Å²) in [5.74, 6) is -1.97. The van der Waals surface area contributed by atoms with Crippen LogP contribution in [0, 0.1) is 12.8 Å². The van der Waals surface area contributed by atoms with Crippen molar-refractivity contribution in [2.45, 2.75) is 84.5 Å². The maximum Gasteiger partial charge on any atom is 0.306 e. The number of aryl methyl sites for hydroxylation is 1. The summed E-state index contributed by atoms with van der Waals surface area (Å²) in [5, 5.41) is 8.32. The molecule has 1 aromatic carbocycles. The summed E-state index contributed by atoms with van der Waals surface area (Å²) in [5.41, 5.74) is 4.81. The van der Waals surface area contributed by atoms with Gasteiger partial charge in [-0.15, -0.1) is 11.3 Å². The smallest absolute Gasteiger partial charge is 0.306 e. The zero-order valence-electron chi connectivity index (χ0n) is 24.9. The lowest BCUT2D eigenvalue weighted by molar-refractivity contribution is -0.142. The van der Waals surface area contributed by atoms with Gasteiger partial charge in [0.2, 0.25) is 23.6 Å². The zero-order valence-corrected chi connectivity index (χ0v) is 25.7. The molecule has 12 heteroatoms. The molecule has 1 fully saturated rings. The van der Waals surface area contributed by atoms with Crippen LogP contribution in [0.15, 0.2) is 29.8 Å². The summed E-state index contributed by atoms with van der Waals surface area (Å²) in [6.45, 7) is 8.13. The van der Waals surface area contributed by atoms with Crippen LogP contribution in [-0.4, -0.2) is 71.3 Å². The lowest BCUT2D eigenvalue weighted by Gasteiger charge is -2.28. The molecular weight excluding hydrogens is 558 g/mol. The largest absolute Gasteiger partial charge is 0.469 e. The van der Waals surface area contributed by atoms with Crippen LogP contribution < -0.4 is 16.0 Å². The van der Waals surface area contributed by atoms with Crippen LogP contribution in [0.2, 0.25) is 0 Å². The summed E-state index contributed by atoms with van der Waals surface area (Å²) < 4.78 is 4.56. The van der Waals surface area contributed by atoms with Crippen LogP contribution in [0.4, 0.5) is 0 Å². The van der Waals surface area contributed by atoms with Crippen molar-refractivity contribution in [3.8, 4) is 10.4 Å². The Morgan fingerprint density at radius 1 is 1.07 bits per heavy atom. The highest BCUT2D eigenvalue weighted by atomic mass is 32.1. The summed E-state index contributed by atoms with van der Waals surface area (Å²) in [6.07, 6.45) is 1.37. The van der Waals surface area contributed by atoms with Gasteiger partial charge in [0.15, 0.2) is 0 Å². The average molecular weight is 600 g/mol. The lowest BCUT2D eigenvalue weighted by atomic mass is 10.0. The molecule has 0 aliphatic carbocycles. The quantitative estimate of drug-likeness (QED) is 0.300. The molecule has 0 unspecified atom stereocenters. The Labute approximate surface area is 250 Å². The number of aromatic nitrogens is 1. The molecule has 0 spiro atoms. The van der Waals surface area contributed by atoms with Gasteiger partial charge in [0, 0.05) is 19.5 Å². The van der Waals surface area contributed by atoms with Crippen molar-refractivity contribution in [2.75, 3.05) is 13.7 Å². The van der Waals surface area contributed by atoms with Crippen molar-refractivity contribution in [3.63, 3.8) is 0 Å². The highest BCUT2D eigenvalue weighted by molar-refractivity contribution is 7.13. The van der Waals surface area contributed by atoms with E-state index in [2.05, 4.69) is 25.7 Å². The second-order valence-corrected chi connectivity index (χ2v) is 11.8. The predicted octanol–water partition coefficient (Wildman–Crippen LogP) is 2.71. The van der Waals surface area contributed by atoms with Gasteiger partial charge in [-0.1, -0.05) is 38.1 Å². The number of methoxy groups -OCH3 is 1. The Balaban J connectivity index is 1.54. The summed E-state index contributed by atoms with van der Waals surface area (Å²) in [7, 11) is 1.24. The van der Waals surface area contributed by atoms with Crippen LogP contribution in [0.3, 0.4) is 0 Å². The van der Waals surface area contributed by atoms with Crippen LogP contribution in [0.25, 0.3) is 10.4 Å². The standard InChI is InChI=1S/C30H41N5O6S/c1-18(2)15-23(34-25(36)12-13-26(37)41-5)28(38)33-20(4)30(40)35-14-6-7-24(35)29(39)31-16-21-8-10-22(11-9-21)27-19(3)32-17-42-27/h8-11,17-18,20,23-24H,6-7,12-16H2,1-5H3,(H,31,39)(H,33,38)(H,34,36)/t20-,23-,24-/m0/s1. The number of thiazole rings is 1. The number of benzene rings is 1. The number of hydrogen-bond donors (Lipinski definition) is 3. The van der Waals surface area contributed by atoms with E-state index in [4.69, 9.17) is 0 Å². The minimum absolute atomic E-state index is 0.0901. The third-order valence-corrected chi connectivity index (χ3v) is 8.12. The molecule has 3 rings (SSSR count). The number of rotatable bonds is 13. The summed E-state index contributed by atoms with van der Waals surface area (Å²) in [4.78, 5) is 70.1. The number of ether oxygens (including phenoxy) is 1. The molecule has 0 radical (unpaired) electrons. The van der Waals surface area contributed by atoms with E-state index >= 15 is 0 Å². The van der Waals surface area contributed by atoms with Crippen LogP contribution in [0.1, 0.15) is 64.1 Å². The van der Waals surface area contributed by atoms with E-state index in [-0.39, 0.29) is 30.6 Å². The fourth-order valence-electron chi connectivity index (χ4n) is 4.87. The summed E-state index contributed by atoms with van der Waals surface area (Å²) >= 11 is 1.58. The first-order valence-electron chi connectivity index (χ1n) is 14.2. The molecule has 0 saturated carbocycles. The number of carbonyl (C=O) groups is 5. The maximum absolute atomic E-state index is 13.3. The molecule has 2 heterocycles. The number of esters is 1. The maximum atomic E-state index is 13.3. The van der Waals surface area contributed by atoms with Crippen LogP contribution in [0.5, 0.6) is 0 Å². The van der Waals surface area contributed by atoms with Crippen molar-refractivity contribution < 1.29 is 28.7 Å². The van der Waals surface area contributed by atoms with Gasteiger partial charge in [0.05, 0.1) is 29.6 Å². The van der Waals surface area contributed by atoms with E-state index < -0.39 is 35.9 Å². The van der Waals surface area contributed by atoms with E-state index in [1.54, 1.807) is 18.3 Å². The highest BCUT2D eigenvalue weighted by Crippen LogP contribution is 2.27. The predicted molar refractivity (Wildman–Crippen MR) is 159 cm³/mol. The fraction of sp³-hybridized carbons (Fsp3) is 0.533. The number of likely N-dealkylation sites (tertiary alicyclic amines) is 1. The fourth-order valence-corrected chi connectivity index (χ4v) is 5.69. The molecule has 4 amide bonds. The molecule has 1 aliphatic heterocycles. The van der Waals surface area contributed by atoms with Gasteiger partial charge in [0.1, 0.15) is 18.1 Å². The number of nitrogens with zero attached hydrogens (tertiary/aromatic N) is 2. The minimum Gasteiger partial charge on any atom is -0.469 e. The number of hydrogen-bond acceptors (Lipinski definition) is 8. The second-order valence-electron chi connectivity index (χ2n) is 10.9. The van der Waals surface area contributed by atoms with Crippen molar-refractivity contribution >= 4 is 40.9 Å². The third-order valence-electron chi connectivity index (χ3n) is 7.14. The van der Waals surface area contributed by atoms with Crippen LogP contribution >= 0.6 is 11.3 Å². The molecule has 3 atom stereocenters. The molecule has 3 N–H and O–H groups in total. The SMILES string of the molecule is COC(=O)CCC(=O)N[C@@H](CC(C)C)C(=O)N[C@@H](C)C(=O)N1CCC[C@H]1C(=O)NCc1ccc(-c2scnc2C)cc1. The number of nitrogens with one attached hydrogen (secondary N) is 3.